The number of hydrogen-bond donors (Lipinski definition) is 5. The molecule has 2 aliphatic rings. The molecule has 19 heavy (non-hydrogen) atoms. The van der Waals surface area contributed by atoms with Crippen LogP contribution in [0.4, 0.5) is 0 Å². The maximum atomic E-state index is 10.0. The standard InChI is InChI=1S/C12H26N4O3/c13-5-7-1-2-8(15)12(18-7)19-11-9(16)3-6(14)4-10(11)17/h6-12,17H,1-5,13-16H2/t6-,7?,8-,9+,10-,11-,12-/m1/s1. The Morgan fingerprint density at radius 3 is 2.47 bits per heavy atom. The van der Waals surface area contributed by atoms with Crippen LogP contribution in [-0.4, -0.2) is 54.4 Å². The van der Waals surface area contributed by atoms with Crippen LogP contribution in [0.5, 0.6) is 0 Å². The monoisotopic (exact) mass is 274 g/mol. The van der Waals surface area contributed by atoms with Gasteiger partial charge in [0.05, 0.1) is 18.2 Å². The van der Waals surface area contributed by atoms with E-state index in [1.807, 2.05) is 0 Å². The predicted molar refractivity (Wildman–Crippen MR) is 71.0 cm³/mol. The van der Waals surface area contributed by atoms with Gasteiger partial charge in [-0.05, 0) is 25.7 Å². The molecule has 0 spiro atoms. The van der Waals surface area contributed by atoms with E-state index < -0.39 is 18.5 Å². The molecule has 7 atom stereocenters. The number of aliphatic hydroxyl groups is 1. The summed E-state index contributed by atoms with van der Waals surface area (Å²) in [7, 11) is 0. The molecular weight excluding hydrogens is 248 g/mol. The molecule has 0 radical (unpaired) electrons. The minimum Gasteiger partial charge on any atom is -0.390 e. The molecular formula is C12H26N4O3. The molecule has 1 heterocycles. The summed E-state index contributed by atoms with van der Waals surface area (Å²) in [5.74, 6) is 0. The Kier molecular flexibility index (Phi) is 5.13. The summed E-state index contributed by atoms with van der Waals surface area (Å²) >= 11 is 0. The van der Waals surface area contributed by atoms with Gasteiger partial charge in [0.2, 0.25) is 0 Å². The number of aliphatic hydroxyl groups excluding tert-OH is 1. The SMILES string of the molecule is NCC1CC[C@@H](N)[C@@H](O[C@H]2[C@H](O)C[C@H](N)C[C@@H]2N)O1. The van der Waals surface area contributed by atoms with Crippen LogP contribution in [0.1, 0.15) is 25.7 Å². The van der Waals surface area contributed by atoms with E-state index in [2.05, 4.69) is 0 Å². The Morgan fingerprint density at radius 2 is 1.84 bits per heavy atom. The second kappa shape index (κ2) is 6.45. The van der Waals surface area contributed by atoms with Crippen molar-refractivity contribution < 1.29 is 14.6 Å². The molecule has 1 aliphatic heterocycles. The highest BCUT2D eigenvalue weighted by atomic mass is 16.7. The number of ether oxygens (including phenoxy) is 2. The Hall–Kier alpha value is -0.280. The Labute approximate surface area is 113 Å². The smallest absolute Gasteiger partial charge is 0.173 e. The highest BCUT2D eigenvalue weighted by Gasteiger charge is 2.39. The van der Waals surface area contributed by atoms with Gasteiger partial charge in [-0.25, -0.2) is 0 Å². The van der Waals surface area contributed by atoms with Gasteiger partial charge in [-0.15, -0.1) is 0 Å². The average Bonchev–Trinajstić information content (AvgIpc) is 2.35. The van der Waals surface area contributed by atoms with Crippen LogP contribution in [0.2, 0.25) is 0 Å². The zero-order valence-corrected chi connectivity index (χ0v) is 11.2. The quantitative estimate of drug-likeness (QED) is 0.399. The van der Waals surface area contributed by atoms with Crippen LogP contribution in [0.15, 0.2) is 0 Å². The van der Waals surface area contributed by atoms with Gasteiger partial charge < -0.3 is 37.5 Å². The van der Waals surface area contributed by atoms with Gasteiger partial charge in [-0.1, -0.05) is 0 Å². The lowest BCUT2D eigenvalue weighted by molar-refractivity contribution is -0.242. The van der Waals surface area contributed by atoms with Gasteiger partial charge in [0.25, 0.3) is 0 Å². The summed E-state index contributed by atoms with van der Waals surface area (Å²) in [4.78, 5) is 0. The van der Waals surface area contributed by atoms with Crippen molar-refractivity contribution in [3.63, 3.8) is 0 Å². The summed E-state index contributed by atoms with van der Waals surface area (Å²) in [5.41, 5.74) is 23.4. The maximum absolute atomic E-state index is 10.0. The average molecular weight is 274 g/mol. The molecule has 1 aliphatic carbocycles. The van der Waals surface area contributed by atoms with Crippen molar-refractivity contribution in [1.29, 1.82) is 0 Å². The van der Waals surface area contributed by atoms with E-state index in [0.29, 0.717) is 19.4 Å². The first-order chi connectivity index (χ1) is 9.01. The fraction of sp³-hybridized carbons (Fsp3) is 1.00. The third-order valence-electron chi connectivity index (χ3n) is 3.97. The molecule has 112 valence electrons. The van der Waals surface area contributed by atoms with Crippen LogP contribution in [0, 0.1) is 0 Å². The zero-order chi connectivity index (χ0) is 14.0. The Balaban J connectivity index is 1.94. The summed E-state index contributed by atoms with van der Waals surface area (Å²) in [5, 5.41) is 10.0. The highest BCUT2D eigenvalue weighted by molar-refractivity contribution is 4.92. The third kappa shape index (κ3) is 3.63. The van der Waals surface area contributed by atoms with Crippen molar-refractivity contribution in [2.45, 2.75) is 68.4 Å². The summed E-state index contributed by atoms with van der Waals surface area (Å²) in [6.45, 7) is 0.441. The molecule has 0 aromatic carbocycles. The van der Waals surface area contributed by atoms with Crippen LogP contribution in [0.3, 0.4) is 0 Å². The molecule has 0 bridgehead atoms. The van der Waals surface area contributed by atoms with Crippen LogP contribution in [0.25, 0.3) is 0 Å². The van der Waals surface area contributed by atoms with Gasteiger partial charge >= 0.3 is 0 Å². The predicted octanol–water partition coefficient (Wildman–Crippen LogP) is -2.03. The fourth-order valence-corrected chi connectivity index (χ4v) is 2.84. The summed E-state index contributed by atoms with van der Waals surface area (Å²) in [6.07, 6.45) is 1.00. The lowest BCUT2D eigenvalue weighted by atomic mass is 9.87. The first-order valence-corrected chi connectivity index (χ1v) is 6.97. The lowest BCUT2D eigenvalue weighted by Gasteiger charge is -2.41. The largest absolute Gasteiger partial charge is 0.390 e. The molecule has 2 fully saturated rings. The molecule has 7 nitrogen and oxygen atoms in total. The lowest BCUT2D eigenvalue weighted by Crippen LogP contribution is -2.58. The highest BCUT2D eigenvalue weighted by Crippen LogP contribution is 2.25. The van der Waals surface area contributed by atoms with E-state index in [4.69, 9.17) is 32.4 Å². The van der Waals surface area contributed by atoms with Crippen molar-refractivity contribution >= 4 is 0 Å². The van der Waals surface area contributed by atoms with E-state index in [1.54, 1.807) is 0 Å². The van der Waals surface area contributed by atoms with Crippen LogP contribution < -0.4 is 22.9 Å². The minimum atomic E-state index is -0.673. The normalized spacial score (nSPS) is 48.2. The molecule has 0 aromatic heterocycles. The Bertz CT molecular complexity index is 282. The van der Waals surface area contributed by atoms with Crippen molar-refractivity contribution in [1.82, 2.24) is 0 Å². The van der Waals surface area contributed by atoms with Crippen molar-refractivity contribution in [3.05, 3.63) is 0 Å². The van der Waals surface area contributed by atoms with Crippen molar-refractivity contribution in [3.8, 4) is 0 Å². The number of rotatable bonds is 3. The van der Waals surface area contributed by atoms with Gasteiger partial charge in [-0.3, -0.25) is 0 Å². The molecule has 7 heteroatoms. The van der Waals surface area contributed by atoms with Gasteiger partial charge in [0.1, 0.15) is 6.10 Å². The van der Waals surface area contributed by atoms with Gasteiger partial charge in [-0.2, -0.15) is 0 Å². The van der Waals surface area contributed by atoms with E-state index in [0.717, 1.165) is 12.8 Å². The molecule has 1 saturated heterocycles. The van der Waals surface area contributed by atoms with E-state index in [9.17, 15) is 5.11 Å². The molecule has 0 amide bonds. The molecule has 0 aromatic rings. The molecule has 2 rings (SSSR count). The van der Waals surface area contributed by atoms with Crippen LogP contribution >= 0.6 is 0 Å². The topological polar surface area (TPSA) is 143 Å². The van der Waals surface area contributed by atoms with E-state index in [-0.39, 0.29) is 24.2 Å². The fourth-order valence-electron chi connectivity index (χ4n) is 2.84. The summed E-state index contributed by atoms with van der Waals surface area (Å²) in [6, 6.07) is -0.590. The number of hydrogen-bond acceptors (Lipinski definition) is 7. The molecule has 1 saturated carbocycles. The number of nitrogens with two attached hydrogens (primary N) is 4. The van der Waals surface area contributed by atoms with Gasteiger partial charge in [0.15, 0.2) is 6.29 Å². The van der Waals surface area contributed by atoms with Gasteiger partial charge in [0, 0.05) is 18.6 Å². The molecule has 9 N–H and O–H groups in total. The molecule has 1 unspecified atom stereocenters. The zero-order valence-electron chi connectivity index (χ0n) is 11.2. The summed E-state index contributed by atoms with van der Waals surface area (Å²) < 4.78 is 11.5. The first kappa shape index (κ1) is 15.1. The maximum Gasteiger partial charge on any atom is 0.173 e. The third-order valence-corrected chi connectivity index (χ3v) is 3.97. The van der Waals surface area contributed by atoms with Crippen LogP contribution in [-0.2, 0) is 9.47 Å². The second-order valence-electron chi connectivity index (χ2n) is 5.67. The van der Waals surface area contributed by atoms with Crippen molar-refractivity contribution in [2.75, 3.05) is 6.54 Å². The Morgan fingerprint density at radius 1 is 1.11 bits per heavy atom. The second-order valence-corrected chi connectivity index (χ2v) is 5.67. The van der Waals surface area contributed by atoms with E-state index in [1.165, 1.54) is 0 Å². The van der Waals surface area contributed by atoms with E-state index >= 15 is 0 Å². The van der Waals surface area contributed by atoms with Crippen molar-refractivity contribution in [2.24, 2.45) is 22.9 Å². The first-order valence-electron chi connectivity index (χ1n) is 6.97. The minimum absolute atomic E-state index is 0.0379.